The fraction of sp³-hybridized carbons (Fsp3) is 0.219. The van der Waals surface area contributed by atoms with Crippen molar-refractivity contribution >= 4 is 29.1 Å². The van der Waals surface area contributed by atoms with E-state index in [1.165, 1.54) is 11.3 Å². The summed E-state index contributed by atoms with van der Waals surface area (Å²) in [7, 11) is 3.93. The van der Waals surface area contributed by atoms with Crippen LogP contribution in [0.25, 0.3) is 6.08 Å². The molecule has 0 saturated carbocycles. The minimum atomic E-state index is -0.654. The maximum Gasteiger partial charge on any atom is 0.338 e. The summed E-state index contributed by atoms with van der Waals surface area (Å²) in [5.74, 6) is 0.204. The lowest BCUT2D eigenvalue weighted by Crippen LogP contribution is -2.40. The van der Waals surface area contributed by atoms with Gasteiger partial charge in [-0.15, -0.1) is 0 Å². The van der Waals surface area contributed by atoms with Crippen molar-refractivity contribution in [2.24, 2.45) is 4.99 Å². The molecule has 3 aromatic carbocycles. The van der Waals surface area contributed by atoms with Crippen LogP contribution >= 0.6 is 11.3 Å². The average Bonchev–Trinajstić information content (AvgIpc) is 3.26. The number of carbonyl (C=O) groups is 1. The molecular weight excluding hydrogens is 522 g/mol. The van der Waals surface area contributed by atoms with Gasteiger partial charge in [-0.1, -0.05) is 72.0 Å². The molecule has 0 bridgehead atoms. The Balaban J connectivity index is 1.60. The first-order valence-corrected chi connectivity index (χ1v) is 13.9. The number of aromatic nitrogens is 1. The van der Waals surface area contributed by atoms with Crippen LogP contribution in [-0.2, 0) is 16.1 Å². The standard InChI is InChI=1S/C32H31N3O4S/c1-5-38-31(37)28-21(2)33-32-35(29(28)23-15-17-25(18-16-23)34(3)4)30(36)27(40-32)19-24-13-9-10-14-26(24)39-20-22-11-7-6-8-12-22/h6-19,29H,5,20H2,1-4H3/b27-19-. The summed E-state index contributed by atoms with van der Waals surface area (Å²) in [5, 5.41) is 0. The SMILES string of the molecule is CCOC(=O)C1=C(C)N=c2s/c(=C\c3ccccc3OCc3ccccc3)c(=O)n2C1c1ccc(N(C)C)cc1. The number of anilines is 1. The second kappa shape index (κ2) is 11.8. The summed E-state index contributed by atoms with van der Waals surface area (Å²) in [6.45, 7) is 4.20. The third-order valence-corrected chi connectivity index (χ3v) is 7.67. The number of hydrogen-bond acceptors (Lipinski definition) is 7. The minimum absolute atomic E-state index is 0.224. The van der Waals surface area contributed by atoms with Crippen molar-refractivity contribution in [1.29, 1.82) is 0 Å². The molecule has 8 heteroatoms. The molecule has 5 rings (SSSR count). The zero-order valence-electron chi connectivity index (χ0n) is 23.0. The molecule has 1 aliphatic rings. The second-order valence-electron chi connectivity index (χ2n) is 9.60. The summed E-state index contributed by atoms with van der Waals surface area (Å²) in [6, 6.07) is 24.8. The van der Waals surface area contributed by atoms with E-state index in [4.69, 9.17) is 9.47 Å². The van der Waals surface area contributed by atoms with E-state index < -0.39 is 12.0 Å². The third kappa shape index (κ3) is 5.49. The number of esters is 1. The molecule has 0 saturated heterocycles. The molecular formula is C32H31N3O4S. The zero-order chi connectivity index (χ0) is 28.2. The Labute approximate surface area is 237 Å². The monoisotopic (exact) mass is 553 g/mol. The van der Waals surface area contributed by atoms with E-state index in [-0.39, 0.29) is 12.2 Å². The van der Waals surface area contributed by atoms with Gasteiger partial charge in [0.2, 0.25) is 0 Å². The zero-order valence-corrected chi connectivity index (χ0v) is 23.8. The van der Waals surface area contributed by atoms with E-state index in [2.05, 4.69) is 4.99 Å². The van der Waals surface area contributed by atoms with Crippen molar-refractivity contribution in [1.82, 2.24) is 4.57 Å². The van der Waals surface area contributed by atoms with Crippen molar-refractivity contribution in [2.45, 2.75) is 26.5 Å². The van der Waals surface area contributed by atoms with Crippen LogP contribution in [0.1, 0.15) is 36.6 Å². The molecule has 0 aliphatic carbocycles. The lowest BCUT2D eigenvalue weighted by molar-refractivity contribution is -0.139. The van der Waals surface area contributed by atoms with Gasteiger partial charge in [0.05, 0.1) is 28.5 Å². The van der Waals surface area contributed by atoms with Crippen LogP contribution in [0.15, 0.2) is 99.9 Å². The Morgan fingerprint density at radius 3 is 2.42 bits per heavy atom. The Hall–Kier alpha value is -4.43. The van der Waals surface area contributed by atoms with Crippen LogP contribution in [0.4, 0.5) is 5.69 Å². The van der Waals surface area contributed by atoms with Gasteiger partial charge in [-0.05, 0) is 49.2 Å². The Kier molecular flexibility index (Phi) is 7.98. The van der Waals surface area contributed by atoms with Gasteiger partial charge in [0.15, 0.2) is 4.80 Å². The van der Waals surface area contributed by atoms with Gasteiger partial charge in [-0.2, -0.15) is 0 Å². The highest BCUT2D eigenvalue weighted by Crippen LogP contribution is 2.31. The van der Waals surface area contributed by atoms with Crippen LogP contribution in [-0.4, -0.2) is 31.2 Å². The maximum atomic E-state index is 14.0. The van der Waals surface area contributed by atoms with Gasteiger partial charge in [0.1, 0.15) is 12.4 Å². The van der Waals surface area contributed by atoms with E-state index in [1.807, 2.05) is 104 Å². The van der Waals surface area contributed by atoms with Crippen LogP contribution in [0.2, 0.25) is 0 Å². The molecule has 40 heavy (non-hydrogen) atoms. The van der Waals surface area contributed by atoms with Crippen LogP contribution in [0.3, 0.4) is 0 Å². The summed E-state index contributed by atoms with van der Waals surface area (Å²) in [4.78, 5) is 34.3. The van der Waals surface area contributed by atoms with E-state index in [0.29, 0.717) is 33.0 Å². The molecule has 0 spiro atoms. The van der Waals surface area contributed by atoms with Gasteiger partial charge < -0.3 is 14.4 Å². The number of benzene rings is 3. The summed E-state index contributed by atoms with van der Waals surface area (Å²) < 4.78 is 13.6. The van der Waals surface area contributed by atoms with Gasteiger partial charge in [-0.25, -0.2) is 9.79 Å². The van der Waals surface area contributed by atoms with Crippen molar-refractivity contribution in [3.63, 3.8) is 0 Å². The van der Waals surface area contributed by atoms with E-state index in [1.54, 1.807) is 18.4 Å². The highest BCUT2D eigenvalue weighted by molar-refractivity contribution is 7.07. The lowest BCUT2D eigenvalue weighted by Gasteiger charge is -2.25. The lowest BCUT2D eigenvalue weighted by atomic mass is 9.95. The number of para-hydroxylation sites is 1. The molecule has 204 valence electrons. The number of ether oxygens (including phenoxy) is 2. The molecule has 1 aliphatic heterocycles. The van der Waals surface area contributed by atoms with Gasteiger partial charge in [-0.3, -0.25) is 9.36 Å². The second-order valence-corrected chi connectivity index (χ2v) is 10.6. The number of carbonyl (C=O) groups excluding carboxylic acids is 1. The summed E-state index contributed by atoms with van der Waals surface area (Å²) in [5.41, 5.74) is 4.35. The van der Waals surface area contributed by atoms with E-state index >= 15 is 0 Å². The summed E-state index contributed by atoms with van der Waals surface area (Å²) >= 11 is 1.30. The smallest absolute Gasteiger partial charge is 0.338 e. The van der Waals surface area contributed by atoms with Crippen molar-refractivity contribution in [3.05, 3.63) is 127 Å². The number of thiazole rings is 1. The first-order chi connectivity index (χ1) is 19.4. The fourth-order valence-corrected chi connectivity index (χ4v) is 5.71. The number of fused-ring (bicyclic) bond motifs is 1. The Morgan fingerprint density at radius 2 is 1.73 bits per heavy atom. The normalized spacial score (nSPS) is 14.9. The quantitative estimate of drug-likeness (QED) is 0.302. The van der Waals surface area contributed by atoms with Gasteiger partial charge >= 0.3 is 5.97 Å². The Bertz CT molecular complexity index is 1740. The first-order valence-electron chi connectivity index (χ1n) is 13.1. The van der Waals surface area contributed by atoms with Crippen LogP contribution in [0, 0.1) is 0 Å². The third-order valence-electron chi connectivity index (χ3n) is 6.69. The van der Waals surface area contributed by atoms with Crippen LogP contribution < -0.4 is 24.5 Å². The molecule has 2 heterocycles. The molecule has 1 aromatic heterocycles. The predicted molar refractivity (Wildman–Crippen MR) is 158 cm³/mol. The molecule has 0 amide bonds. The molecule has 7 nitrogen and oxygen atoms in total. The minimum Gasteiger partial charge on any atom is -0.488 e. The van der Waals surface area contributed by atoms with Crippen LogP contribution in [0.5, 0.6) is 5.75 Å². The Morgan fingerprint density at radius 1 is 1.02 bits per heavy atom. The summed E-state index contributed by atoms with van der Waals surface area (Å²) in [6.07, 6.45) is 1.83. The van der Waals surface area contributed by atoms with E-state index in [0.717, 1.165) is 22.4 Å². The number of allylic oxidation sites excluding steroid dienone is 1. The maximum absolute atomic E-state index is 14.0. The van der Waals surface area contributed by atoms with Gasteiger partial charge in [0.25, 0.3) is 5.56 Å². The largest absolute Gasteiger partial charge is 0.488 e. The van der Waals surface area contributed by atoms with E-state index in [9.17, 15) is 9.59 Å². The average molecular weight is 554 g/mol. The number of rotatable bonds is 8. The first kappa shape index (κ1) is 27.1. The van der Waals surface area contributed by atoms with Crippen molar-refractivity contribution in [3.8, 4) is 5.75 Å². The van der Waals surface area contributed by atoms with Crippen molar-refractivity contribution in [2.75, 3.05) is 25.6 Å². The molecule has 0 N–H and O–H groups in total. The predicted octanol–water partition coefficient (Wildman–Crippen LogP) is 4.44. The number of hydrogen-bond donors (Lipinski definition) is 0. The highest BCUT2D eigenvalue weighted by Gasteiger charge is 2.33. The topological polar surface area (TPSA) is 73.1 Å². The molecule has 1 atom stereocenters. The molecule has 4 aromatic rings. The molecule has 0 fully saturated rings. The molecule has 1 unspecified atom stereocenters. The van der Waals surface area contributed by atoms with Gasteiger partial charge in [0, 0.05) is 25.3 Å². The van der Waals surface area contributed by atoms with Crippen molar-refractivity contribution < 1.29 is 14.3 Å². The number of nitrogens with zero attached hydrogens (tertiary/aromatic N) is 3. The molecule has 0 radical (unpaired) electrons. The highest BCUT2D eigenvalue weighted by atomic mass is 32.1. The fourth-order valence-electron chi connectivity index (χ4n) is 4.67.